The van der Waals surface area contributed by atoms with Crippen molar-refractivity contribution >= 4 is 17.1 Å². The van der Waals surface area contributed by atoms with E-state index in [0.29, 0.717) is 6.54 Å². The largest absolute Gasteiger partial charge is 0.313 e. The number of likely N-dealkylation sites (N-methyl/N-ethyl adjacent to an activating group) is 1. The number of aryl methyl sites for hydroxylation is 1. The molecule has 0 aromatic carbocycles. The van der Waals surface area contributed by atoms with E-state index in [4.69, 9.17) is 0 Å². The molecule has 0 aliphatic heterocycles. The molecule has 2 nitrogen and oxygen atoms in total. The van der Waals surface area contributed by atoms with E-state index in [1.165, 1.54) is 24.0 Å². The molecule has 2 rings (SSSR count). The van der Waals surface area contributed by atoms with Gasteiger partial charge in [0.1, 0.15) is 0 Å². The molecule has 1 heterocycles. The van der Waals surface area contributed by atoms with Gasteiger partial charge >= 0.3 is 0 Å². The first kappa shape index (κ1) is 8.91. The van der Waals surface area contributed by atoms with E-state index in [-0.39, 0.29) is 5.78 Å². The highest BCUT2D eigenvalue weighted by Crippen LogP contribution is 2.30. The van der Waals surface area contributed by atoms with Crippen LogP contribution in [0.15, 0.2) is 5.38 Å². The van der Waals surface area contributed by atoms with Gasteiger partial charge in [-0.25, -0.2) is 0 Å². The van der Waals surface area contributed by atoms with E-state index in [9.17, 15) is 4.79 Å². The molecular formula is C10H13NOS. The SMILES string of the molecule is CNCC(=O)c1scc2c1CCC2. The molecule has 70 valence electrons. The summed E-state index contributed by atoms with van der Waals surface area (Å²) in [7, 11) is 1.81. The number of nitrogens with one attached hydrogen (secondary N) is 1. The minimum absolute atomic E-state index is 0.246. The first-order valence-electron chi connectivity index (χ1n) is 4.60. The number of ketones is 1. The maximum atomic E-state index is 11.6. The molecule has 3 heteroatoms. The Balaban J connectivity index is 2.26. The summed E-state index contributed by atoms with van der Waals surface area (Å²) >= 11 is 1.61. The lowest BCUT2D eigenvalue weighted by Crippen LogP contribution is -2.18. The van der Waals surface area contributed by atoms with Crippen LogP contribution in [0, 0.1) is 0 Å². The molecule has 0 spiro atoms. The van der Waals surface area contributed by atoms with Crippen molar-refractivity contribution in [1.29, 1.82) is 0 Å². The highest BCUT2D eigenvalue weighted by atomic mass is 32.1. The van der Waals surface area contributed by atoms with Crippen molar-refractivity contribution in [3.05, 3.63) is 21.4 Å². The number of Topliss-reactive ketones (excluding diaryl/α,β-unsaturated/α-hetero) is 1. The van der Waals surface area contributed by atoms with Gasteiger partial charge in [-0.3, -0.25) is 4.79 Å². The Morgan fingerprint density at radius 1 is 1.62 bits per heavy atom. The third-order valence-corrected chi connectivity index (χ3v) is 3.56. The van der Waals surface area contributed by atoms with Crippen LogP contribution in [0.3, 0.4) is 0 Å². The van der Waals surface area contributed by atoms with Gasteiger partial charge in [-0.2, -0.15) is 0 Å². The molecule has 0 fully saturated rings. The number of carbonyl (C=O) groups excluding carboxylic acids is 1. The van der Waals surface area contributed by atoms with Crippen LogP contribution in [0.4, 0.5) is 0 Å². The Kier molecular flexibility index (Phi) is 2.47. The van der Waals surface area contributed by atoms with E-state index in [1.807, 2.05) is 7.05 Å². The van der Waals surface area contributed by atoms with Gasteiger partial charge in [0.05, 0.1) is 11.4 Å². The van der Waals surface area contributed by atoms with Crippen molar-refractivity contribution in [1.82, 2.24) is 5.32 Å². The maximum absolute atomic E-state index is 11.6. The standard InChI is InChI=1S/C10H13NOS/c1-11-5-9(12)10-8-4-2-3-7(8)6-13-10/h6,11H,2-5H2,1H3. The van der Waals surface area contributed by atoms with Crippen molar-refractivity contribution in [2.45, 2.75) is 19.3 Å². The molecule has 1 aliphatic rings. The van der Waals surface area contributed by atoms with E-state index < -0.39 is 0 Å². The van der Waals surface area contributed by atoms with Crippen LogP contribution in [-0.4, -0.2) is 19.4 Å². The van der Waals surface area contributed by atoms with Gasteiger partial charge in [-0.1, -0.05) is 0 Å². The summed E-state index contributed by atoms with van der Waals surface area (Å²) in [4.78, 5) is 12.6. The summed E-state index contributed by atoms with van der Waals surface area (Å²) in [5.41, 5.74) is 2.73. The predicted molar refractivity (Wildman–Crippen MR) is 54.6 cm³/mol. The molecule has 0 bridgehead atoms. The van der Waals surface area contributed by atoms with Gasteiger partial charge < -0.3 is 5.32 Å². The smallest absolute Gasteiger partial charge is 0.186 e. The summed E-state index contributed by atoms with van der Waals surface area (Å²) in [6.07, 6.45) is 3.49. The average Bonchev–Trinajstić information content (AvgIpc) is 2.62. The fraction of sp³-hybridized carbons (Fsp3) is 0.500. The summed E-state index contributed by atoms with van der Waals surface area (Å²) in [6, 6.07) is 0. The minimum Gasteiger partial charge on any atom is -0.313 e. The van der Waals surface area contributed by atoms with Crippen molar-refractivity contribution in [2.75, 3.05) is 13.6 Å². The van der Waals surface area contributed by atoms with Crippen molar-refractivity contribution in [2.24, 2.45) is 0 Å². The lowest BCUT2D eigenvalue weighted by atomic mass is 10.1. The molecule has 1 aromatic heterocycles. The number of hydrogen-bond acceptors (Lipinski definition) is 3. The summed E-state index contributed by atoms with van der Waals surface area (Å²) in [5, 5.41) is 5.05. The number of carbonyl (C=O) groups is 1. The van der Waals surface area contributed by atoms with Gasteiger partial charge in [-0.15, -0.1) is 11.3 Å². The molecule has 1 aromatic rings. The van der Waals surface area contributed by atoms with E-state index in [1.54, 1.807) is 11.3 Å². The molecule has 1 aliphatic carbocycles. The predicted octanol–water partition coefficient (Wildman–Crippen LogP) is 1.64. The molecule has 0 amide bonds. The topological polar surface area (TPSA) is 29.1 Å². The van der Waals surface area contributed by atoms with Crippen LogP contribution in [-0.2, 0) is 12.8 Å². The van der Waals surface area contributed by atoms with Gasteiger partial charge in [0.15, 0.2) is 5.78 Å². The van der Waals surface area contributed by atoms with Crippen molar-refractivity contribution in [3.63, 3.8) is 0 Å². The van der Waals surface area contributed by atoms with Crippen LogP contribution in [0.25, 0.3) is 0 Å². The monoisotopic (exact) mass is 195 g/mol. The summed E-state index contributed by atoms with van der Waals surface area (Å²) in [6.45, 7) is 0.465. The average molecular weight is 195 g/mol. The highest BCUT2D eigenvalue weighted by Gasteiger charge is 2.20. The lowest BCUT2D eigenvalue weighted by Gasteiger charge is -1.98. The van der Waals surface area contributed by atoms with Crippen molar-refractivity contribution < 1.29 is 4.79 Å². The second-order valence-corrected chi connectivity index (χ2v) is 4.26. The Morgan fingerprint density at radius 3 is 3.23 bits per heavy atom. The fourth-order valence-electron chi connectivity index (χ4n) is 1.83. The minimum atomic E-state index is 0.246. The van der Waals surface area contributed by atoms with Gasteiger partial charge in [0.25, 0.3) is 0 Å². The van der Waals surface area contributed by atoms with E-state index in [2.05, 4.69) is 10.7 Å². The van der Waals surface area contributed by atoms with Gasteiger partial charge in [0, 0.05) is 0 Å². The third-order valence-electron chi connectivity index (χ3n) is 2.44. The normalized spacial score (nSPS) is 14.5. The third kappa shape index (κ3) is 1.54. The molecule has 0 radical (unpaired) electrons. The zero-order valence-corrected chi connectivity index (χ0v) is 8.54. The van der Waals surface area contributed by atoms with Crippen molar-refractivity contribution in [3.8, 4) is 0 Å². The highest BCUT2D eigenvalue weighted by molar-refractivity contribution is 7.12. The Morgan fingerprint density at radius 2 is 2.46 bits per heavy atom. The Bertz CT molecular complexity index is 330. The zero-order chi connectivity index (χ0) is 9.26. The van der Waals surface area contributed by atoms with Crippen LogP contribution < -0.4 is 5.32 Å². The Hall–Kier alpha value is -0.670. The number of thiophene rings is 1. The Labute approximate surface area is 82.0 Å². The first-order valence-corrected chi connectivity index (χ1v) is 5.48. The van der Waals surface area contributed by atoms with Gasteiger partial charge in [0.2, 0.25) is 0 Å². The molecule has 0 atom stereocenters. The van der Waals surface area contributed by atoms with Gasteiger partial charge in [-0.05, 0) is 42.8 Å². The second-order valence-electron chi connectivity index (χ2n) is 3.38. The van der Waals surface area contributed by atoms with Crippen LogP contribution in [0.2, 0.25) is 0 Å². The van der Waals surface area contributed by atoms with Crippen LogP contribution in [0.5, 0.6) is 0 Å². The van der Waals surface area contributed by atoms with E-state index in [0.717, 1.165) is 11.3 Å². The quantitative estimate of drug-likeness (QED) is 0.743. The first-order chi connectivity index (χ1) is 6.33. The number of hydrogen-bond donors (Lipinski definition) is 1. The fourth-order valence-corrected chi connectivity index (χ4v) is 2.93. The molecular weight excluding hydrogens is 182 g/mol. The number of fused-ring (bicyclic) bond motifs is 1. The zero-order valence-electron chi connectivity index (χ0n) is 7.72. The summed E-state index contributed by atoms with van der Waals surface area (Å²) < 4.78 is 0. The summed E-state index contributed by atoms with van der Waals surface area (Å²) in [5.74, 6) is 0.246. The second kappa shape index (κ2) is 3.60. The molecule has 13 heavy (non-hydrogen) atoms. The maximum Gasteiger partial charge on any atom is 0.186 e. The van der Waals surface area contributed by atoms with Crippen LogP contribution in [0.1, 0.15) is 27.2 Å². The number of rotatable bonds is 3. The van der Waals surface area contributed by atoms with Crippen LogP contribution >= 0.6 is 11.3 Å². The molecule has 0 saturated heterocycles. The van der Waals surface area contributed by atoms with E-state index >= 15 is 0 Å². The molecule has 1 N–H and O–H groups in total. The lowest BCUT2D eigenvalue weighted by molar-refractivity contribution is 0.0996. The molecule has 0 unspecified atom stereocenters. The molecule has 0 saturated carbocycles.